The van der Waals surface area contributed by atoms with E-state index in [1.807, 2.05) is 52.0 Å². The lowest BCUT2D eigenvalue weighted by molar-refractivity contribution is -0.142. The van der Waals surface area contributed by atoms with Crippen LogP contribution in [-0.2, 0) is 4.79 Å². The maximum atomic E-state index is 14.1. The van der Waals surface area contributed by atoms with Gasteiger partial charge in [-0.15, -0.1) is 0 Å². The number of rotatable bonds is 4. The molecule has 1 aromatic heterocycles. The molecule has 0 spiro atoms. The standard InChI is InChI=1S/C26H31FN4O2/c1-17-7-5-6-8-19(17)23-28-21-10-9-18(27)15-20(21)24(29-23)30-11-13-31(14-12-30)25(33)22(32)16-26(2,3)4/h5-10,15,22,32H,11-14,16H2,1-4H3/t22-/m1/s1. The maximum absolute atomic E-state index is 14.1. The maximum Gasteiger partial charge on any atom is 0.251 e. The Bertz CT molecular complexity index is 1170. The number of fused-ring (bicyclic) bond motifs is 1. The molecule has 2 aromatic carbocycles. The molecular weight excluding hydrogens is 419 g/mol. The third-order valence-corrected chi connectivity index (χ3v) is 6.01. The van der Waals surface area contributed by atoms with Crippen molar-refractivity contribution in [1.29, 1.82) is 0 Å². The number of carbonyl (C=O) groups is 1. The van der Waals surface area contributed by atoms with Gasteiger partial charge in [-0.1, -0.05) is 45.0 Å². The first-order valence-electron chi connectivity index (χ1n) is 11.4. The highest BCUT2D eigenvalue weighted by Crippen LogP contribution is 2.30. The van der Waals surface area contributed by atoms with Gasteiger partial charge in [0.15, 0.2) is 5.82 Å². The smallest absolute Gasteiger partial charge is 0.251 e. The zero-order valence-corrected chi connectivity index (χ0v) is 19.7. The van der Waals surface area contributed by atoms with E-state index in [0.717, 1.165) is 11.1 Å². The molecule has 1 saturated heterocycles. The van der Waals surface area contributed by atoms with Gasteiger partial charge in [0.2, 0.25) is 0 Å². The summed E-state index contributed by atoms with van der Waals surface area (Å²) >= 11 is 0. The number of aryl methyl sites for hydroxylation is 1. The number of piperazine rings is 1. The second-order valence-electron chi connectivity index (χ2n) is 9.94. The lowest BCUT2D eigenvalue weighted by atomic mass is 9.89. The molecule has 6 nitrogen and oxygen atoms in total. The van der Waals surface area contributed by atoms with Gasteiger partial charge < -0.3 is 14.9 Å². The highest BCUT2D eigenvalue weighted by atomic mass is 19.1. The Hall–Kier alpha value is -3.06. The molecule has 0 bridgehead atoms. The summed E-state index contributed by atoms with van der Waals surface area (Å²) in [4.78, 5) is 26.1. The van der Waals surface area contributed by atoms with Crippen LogP contribution in [0.1, 0.15) is 32.8 Å². The van der Waals surface area contributed by atoms with Crippen LogP contribution in [0.5, 0.6) is 0 Å². The molecule has 3 aromatic rings. The van der Waals surface area contributed by atoms with Crippen LogP contribution < -0.4 is 4.90 Å². The SMILES string of the molecule is Cc1ccccc1-c1nc(N2CCN(C(=O)[C@H](O)CC(C)(C)C)CC2)c2cc(F)ccc2n1. The van der Waals surface area contributed by atoms with Crippen LogP contribution in [0.2, 0.25) is 0 Å². The molecule has 0 aliphatic carbocycles. The van der Waals surface area contributed by atoms with Crippen LogP contribution in [0, 0.1) is 18.2 Å². The molecule has 0 unspecified atom stereocenters. The molecule has 1 aliphatic heterocycles. The van der Waals surface area contributed by atoms with E-state index < -0.39 is 6.10 Å². The summed E-state index contributed by atoms with van der Waals surface area (Å²) in [5.74, 6) is 0.695. The first-order chi connectivity index (χ1) is 15.6. The fourth-order valence-electron chi connectivity index (χ4n) is 4.29. The number of anilines is 1. The predicted octanol–water partition coefficient (Wildman–Crippen LogP) is 4.19. The van der Waals surface area contributed by atoms with E-state index in [9.17, 15) is 14.3 Å². The lowest BCUT2D eigenvalue weighted by Crippen LogP contribution is -2.52. The van der Waals surface area contributed by atoms with Gasteiger partial charge in [-0.25, -0.2) is 14.4 Å². The molecule has 1 aliphatic rings. The molecule has 1 amide bonds. The van der Waals surface area contributed by atoms with Crippen molar-refractivity contribution in [3.8, 4) is 11.4 Å². The Morgan fingerprint density at radius 3 is 2.45 bits per heavy atom. The van der Waals surface area contributed by atoms with Crippen molar-refractivity contribution in [3.05, 3.63) is 53.8 Å². The van der Waals surface area contributed by atoms with Crippen LogP contribution in [0.3, 0.4) is 0 Å². The number of hydrogen-bond donors (Lipinski definition) is 1. The summed E-state index contributed by atoms with van der Waals surface area (Å²) in [5.41, 5.74) is 2.54. The zero-order chi connectivity index (χ0) is 23.8. The third kappa shape index (κ3) is 5.14. The minimum atomic E-state index is -1.00. The van der Waals surface area contributed by atoms with E-state index >= 15 is 0 Å². The number of aliphatic hydroxyl groups excluding tert-OH is 1. The van der Waals surface area contributed by atoms with Gasteiger partial charge in [0, 0.05) is 37.1 Å². The molecule has 1 atom stereocenters. The quantitative estimate of drug-likeness (QED) is 0.646. The monoisotopic (exact) mass is 450 g/mol. The number of carbonyl (C=O) groups excluding carboxylic acids is 1. The third-order valence-electron chi connectivity index (χ3n) is 6.01. The van der Waals surface area contributed by atoms with Crippen molar-refractivity contribution >= 4 is 22.6 Å². The van der Waals surface area contributed by atoms with E-state index in [-0.39, 0.29) is 17.1 Å². The van der Waals surface area contributed by atoms with Crippen LogP contribution in [0.25, 0.3) is 22.3 Å². The average Bonchev–Trinajstić information content (AvgIpc) is 2.77. The molecule has 0 radical (unpaired) electrons. The number of aromatic nitrogens is 2. The molecule has 174 valence electrons. The number of aliphatic hydroxyl groups is 1. The summed E-state index contributed by atoms with van der Waals surface area (Å²) < 4.78 is 14.1. The van der Waals surface area contributed by atoms with Crippen molar-refractivity contribution in [1.82, 2.24) is 14.9 Å². The fourth-order valence-corrected chi connectivity index (χ4v) is 4.29. The van der Waals surface area contributed by atoms with Gasteiger partial charge in [0.25, 0.3) is 5.91 Å². The molecular formula is C26H31FN4O2. The minimum Gasteiger partial charge on any atom is -0.383 e. The van der Waals surface area contributed by atoms with Gasteiger partial charge >= 0.3 is 0 Å². The van der Waals surface area contributed by atoms with Crippen molar-refractivity contribution in [2.75, 3.05) is 31.1 Å². The van der Waals surface area contributed by atoms with Gasteiger partial charge in [0.1, 0.15) is 17.7 Å². The fraction of sp³-hybridized carbons (Fsp3) is 0.423. The van der Waals surface area contributed by atoms with Gasteiger partial charge in [-0.3, -0.25) is 4.79 Å². The van der Waals surface area contributed by atoms with Crippen LogP contribution >= 0.6 is 0 Å². The Morgan fingerprint density at radius 2 is 1.79 bits per heavy atom. The summed E-state index contributed by atoms with van der Waals surface area (Å²) in [6.45, 7) is 10.1. The number of amides is 1. The lowest BCUT2D eigenvalue weighted by Gasteiger charge is -2.37. The Morgan fingerprint density at radius 1 is 1.09 bits per heavy atom. The minimum absolute atomic E-state index is 0.132. The average molecular weight is 451 g/mol. The predicted molar refractivity (Wildman–Crippen MR) is 129 cm³/mol. The molecule has 2 heterocycles. The van der Waals surface area contributed by atoms with Crippen molar-refractivity contribution in [3.63, 3.8) is 0 Å². The Kier molecular flexibility index (Phi) is 6.34. The molecule has 4 rings (SSSR count). The van der Waals surface area contributed by atoms with Crippen LogP contribution in [0.15, 0.2) is 42.5 Å². The van der Waals surface area contributed by atoms with Gasteiger partial charge in [-0.2, -0.15) is 0 Å². The first-order valence-corrected chi connectivity index (χ1v) is 11.4. The second-order valence-corrected chi connectivity index (χ2v) is 9.94. The summed E-state index contributed by atoms with van der Waals surface area (Å²) in [5, 5.41) is 11.0. The number of hydrogen-bond acceptors (Lipinski definition) is 5. The van der Waals surface area contributed by atoms with Crippen LogP contribution in [-0.4, -0.2) is 58.2 Å². The molecule has 1 fully saturated rings. The normalized spacial score (nSPS) is 15.7. The number of halogens is 1. The largest absolute Gasteiger partial charge is 0.383 e. The van der Waals surface area contributed by atoms with E-state index in [0.29, 0.717) is 55.1 Å². The van der Waals surface area contributed by atoms with E-state index in [4.69, 9.17) is 9.97 Å². The molecule has 7 heteroatoms. The van der Waals surface area contributed by atoms with E-state index in [1.54, 1.807) is 11.0 Å². The molecule has 0 saturated carbocycles. The van der Waals surface area contributed by atoms with Crippen molar-refractivity contribution in [2.45, 2.75) is 40.2 Å². The number of benzene rings is 2. The van der Waals surface area contributed by atoms with Crippen molar-refractivity contribution < 1.29 is 14.3 Å². The first kappa shape index (κ1) is 23.1. The summed E-state index contributed by atoms with van der Waals surface area (Å²) in [7, 11) is 0. The second kappa shape index (κ2) is 9.06. The highest BCUT2D eigenvalue weighted by Gasteiger charge is 2.30. The summed E-state index contributed by atoms with van der Waals surface area (Å²) in [6.07, 6.45) is -0.583. The molecule has 1 N–H and O–H groups in total. The molecule has 33 heavy (non-hydrogen) atoms. The highest BCUT2D eigenvalue weighted by molar-refractivity contribution is 5.91. The van der Waals surface area contributed by atoms with Gasteiger partial charge in [0.05, 0.1) is 5.52 Å². The number of nitrogens with zero attached hydrogens (tertiary/aromatic N) is 4. The summed E-state index contributed by atoms with van der Waals surface area (Å²) in [6, 6.07) is 12.5. The Balaban J connectivity index is 1.61. The van der Waals surface area contributed by atoms with E-state index in [2.05, 4.69) is 4.90 Å². The van der Waals surface area contributed by atoms with Gasteiger partial charge in [-0.05, 0) is 42.5 Å². The Labute approximate surface area is 194 Å². The zero-order valence-electron chi connectivity index (χ0n) is 19.7. The van der Waals surface area contributed by atoms with E-state index in [1.165, 1.54) is 12.1 Å². The van der Waals surface area contributed by atoms with Crippen molar-refractivity contribution in [2.24, 2.45) is 5.41 Å². The topological polar surface area (TPSA) is 69.6 Å². The van der Waals surface area contributed by atoms with Crippen LogP contribution in [0.4, 0.5) is 10.2 Å².